The number of H-pyrrole nitrogens is 6. The van der Waals surface area contributed by atoms with Gasteiger partial charge in [0.05, 0.1) is 58.2 Å². The quantitative estimate of drug-likeness (QED) is 0.0171. The Morgan fingerprint density at radius 3 is 0.754 bits per heavy atom. The van der Waals surface area contributed by atoms with Crippen LogP contribution in [0.5, 0.6) is 0 Å². The summed E-state index contributed by atoms with van der Waals surface area (Å²) in [5.74, 6) is 0.00113. The van der Waals surface area contributed by atoms with E-state index in [1.807, 2.05) is 0 Å². The second kappa shape index (κ2) is 44.1. The van der Waals surface area contributed by atoms with E-state index in [9.17, 15) is 89.5 Å². The second-order valence-electron chi connectivity index (χ2n) is 33.4. The summed E-state index contributed by atoms with van der Waals surface area (Å²) >= 11 is 29.6. The molecule has 0 saturated carbocycles. The number of nitrogen functional groups attached to an aromatic ring is 1. The van der Waals surface area contributed by atoms with Gasteiger partial charge in [0.25, 0.3) is 33.4 Å². The van der Waals surface area contributed by atoms with Crippen LogP contribution in [0.15, 0.2) is 107 Å². The van der Waals surface area contributed by atoms with Crippen molar-refractivity contribution in [2.24, 2.45) is 0 Å². The number of thiol groups is 7. The van der Waals surface area contributed by atoms with E-state index in [0.717, 1.165) is 65.6 Å². The number of aromatic amines is 6. The van der Waals surface area contributed by atoms with Crippen molar-refractivity contribution in [2.75, 3.05) is 52.5 Å². The fraction of sp³-hybridized carbons (Fsp3) is 0.592. The third-order valence-electron chi connectivity index (χ3n) is 23.4. The van der Waals surface area contributed by atoms with Gasteiger partial charge in [0, 0.05) is 123 Å². The van der Waals surface area contributed by atoms with Gasteiger partial charge in [-0.1, -0.05) is 85.7 Å². The molecule has 0 aromatic carbocycles. The monoisotopic (exact) mass is 2270 g/mol. The summed E-state index contributed by atoms with van der Waals surface area (Å²) in [7, 11) is 1.04. The summed E-state index contributed by atoms with van der Waals surface area (Å²) in [5, 5.41) is 0. The Kier molecular flexibility index (Phi) is 34.1. The standard InChI is InChI=1S/C71H94N17O40P7S7/c1-30-16-82(66(95)76-60(30)89)50-9-37(36(7)115-50)122-130(102,137)109-27-49-43(15-56(121-49)88-29-75-57-58(72)73-28-74-59(57)88)128-135(107,142)114-26-48-42(14-55(120-48)87-21-35(6)65(94)81-71(87)100)127-134(106,141)113-25-47-41(13-54(119-47)86-20-34(5)64(93)80-70(86)99)126-133(105,140)112-24-46-40(12-53(118-46)85-19-33(4)63(92)79-69(85)98)125-132(104,139)111-23-45-39(11-52(117-45)84-18-32(3)62(91)78-68(84)97)124-131(103,138)110-22-44-38(123-129(101,136)108-8)10-51(116-44)83-17-31(2)61(90)77-67(83)96/h16-21,28-29,36-56H,9-15,22-27H2,1-8H3,(H,101,136)(H,102,137)(H,103,138)(H,104,139)(H,105,140)(H,106,141)(H,107,142)(H2,72,73,74)(H,76,89,95)(H,77,90,96)(H,78,91,97)(H,79,92,98)(H,80,93,99)(H,81,94,100)/t36-,37?,38?,39?,40?,41?,42?,43?,44-,45-,46-,47-,48-,49-,50-,51-,52-,53-,54-,55-,56-,129?,130?,131?,132?,133?,134?,135?/m1/s1. The lowest BCUT2D eigenvalue weighted by Crippen LogP contribution is -2.33. The number of rotatable bonds is 40. The first-order valence-corrected chi connectivity index (χ1v) is 61.4. The molecule has 0 radical (unpaired) electrons. The van der Waals surface area contributed by atoms with Crippen LogP contribution in [0.25, 0.3) is 11.2 Å². The highest BCUT2D eigenvalue weighted by Gasteiger charge is 2.53. The number of nitrogens with zero attached hydrogens (tertiary/aromatic N) is 10. The zero-order valence-corrected chi connectivity index (χ0v) is 87.6. The molecule has 0 spiro atoms. The molecule has 57 nitrogen and oxygen atoms in total. The van der Waals surface area contributed by atoms with E-state index in [4.69, 9.17) is 102 Å². The number of imidazole rings is 1. The number of nitrogens with one attached hydrogen (secondary N) is 6. The first-order chi connectivity index (χ1) is 66.5. The average molecular weight is 2270 g/mol. The molecular weight excluding hydrogens is 2170 g/mol. The van der Waals surface area contributed by atoms with E-state index in [1.54, 1.807) is 6.92 Å². The van der Waals surface area contributed by atoms with Gasteiger partial charge in [0.15, 0.2) is 11.5 Å². The Hall–Kier alpha value is -6.35. The van der Waals surface area contributed by atoms with E-state index in [-0.39, 0.29) is 69.6 Å². The summed E-state index contributed by atoms with van der Waals surface area (Å²) in [6.07, 6.45) is -21.9. The molecular formula is C71H94N17O40P7S7. The van der Waals surface area contributed by atoms with Crippen molar-refractivity contribution in [3.63, 3.8) is 0 Å². The lowest BCUT2D eigenvalue weighted by atomic mass is 10.2. The number of aromatic nitrogens is 16. The molecule has 71 heteroatoms. The van der Waals surface area contributed by atoms with Crippen molar-refractivity contribution in [1.82, 2.24) is 76.8 Å². The number of ether oxygens (including phenoxy) is 7. The molecule has 780 valence electrons. The van der Waals surface area contributed by atoms with Crippen LogP contribution >= 0.6 is 133 Å². The summed E-state index contributed by atoms with van der Waals surface area (Å²) in [5.41, 5.74) is -3.34. The maximum Gasteiger partial charge on any atom is 0.386 e. The highest BCUT2D eigenvalue weighted by Crippen LogP contribution is 2.65. The molecule has 15 rings (SSSR count). The van der Waals surface area contributed by atoms with Crippen LogP contribution in [0.4, 0.5) is 5.82 Å². The predicted molar refractivity (Wildman–Crippen MR) is 514 cm³/mol. The average Bonchev–Trinajstić information content (AvgIpc) is 1.66. The molecule has 8 aromatic heterocycles. The fourth-order valence-electron chi connectivity index (χ4n) is 16.2. The van der Waals surface area contributed by atoms with Crippen LogP contribution in [0.1, 0.15) is 129 Å². The number of anilines is 1. The Morgan fingerprint density at radius 2 is 0.521 bits per heavy atom. The summed E-state index contributed by atoms with van der Waals surface area (Å²) in [4.78, 5) is 180. The van der Waals surface area contributed by atoms with E-state index in [1.165, 1.54) is 64.8 Å². The van der Waals surface area contributed by atoms with Gasteiger partial charge in [-0.15, -0.1) is 0 Å². The van der Waals surface area contributed by atoms with Crippen molar-refractivity contribution in [1.29, 1.82) is 0 Å². The van der Waals surface area contributed by atoms with Crippen LogP contribution in [0.3, 0.4) is 0 Å². The second-order valence-corrected chi connectivity index (χ2v) is 53.7. The third-order valence-corrected chi connectivity index (χ3v) is 35.0. The largest absolute Gasteiger partial charge is 0.386 e. The maximum absolute atomic E-state index is 15.0. The Labute approximate surface area is 833 Å². The summed E-state index contributed by atoms with van der Waals surface area (Å²) < 4.78 is 234. The van der Waals surface area contributed by atoms with Gasteiger partial charge in [0.2, 0.25) is 0 Å². The van der Waals surface area contributed by atoms with Crippen LogP contribution < -0.4 is 73.2 Å². The van der Waals surface area contributed by atoms with Gasteiger partial charge in [-0.25, -0.2) is 75.7 Å². The zero-order chi connectivity index (χ0) is 103. The Balaban J connectivity index is 0.632. The maximum atomic E-state index is 15.0. The summed E-state index contributed by atoms with van der Waals surface area (Å²) in [6.45, 7) is -28.1. The SMILES string of the molecule is COP(=O)(S)OC1C[C@H](n2cc(C)c(=O)[nH]c2=O)O[C@@H]1COP(=O)(S)OC1C[C@H](n2cc(C)c(=O)[nH]c2=O)O[C@@H]1COP(=O)(S)OC1C[C@H](n2cc(C)c(=O)[nH]c2=O)O[C@@H]1COP(=O)(S)OC1C[C@H](n2cc(C)c(=O)[nH]c2=O)O[C@@H]1COP(=O)(S)OC1C[C@H](n2cc(C)c(=O)[nH]c2=O)O[C@@H]1COP(=O)(S)OC1C[C@H](n2cnc3c(N)ncnc32)O[C@@H]1COP(=O)(S)OC1C[C@H](n2cc(C)c(=O)[nH]c2=O)O[C@@H]1C. The Morgan fingerprint density at radius 1 is 0.317 bits per heavy atom. The molecule has 8 N–H and O–H groups in total. The molecule has 0 aliphatic carbocycles. The lowest BCUT2D eigenvalue weighted by molar-refractivity contribution is -0.0542. The van der Waals surface area contributed by atoms with Crippen LogP contribution in [-0.2, 0) is 128 Å². The summed E-state index contributed by atoms with van der Waals surface area (Å²) in [6, 6.07) is 0. The van der Waals surface area contributed by atoms with Crippen LogP contribution in [-0.4, -0.2) is 209 Å². The number of aryl methyl sites for hydroxylation is 6. The van der Waals surface area contributed by atoms with E-state index < -0.39 is 309 Å². The molecule has 0 amide bonds. The van der Waals surface area contributed by atoms with Crippen LogP contribution in [0.2, 0.25) is 0 Å². The highest BCUT2D eigenvalue weighted by atomic mass is 32.7. The lowest BCUT2D eigenvalue weighted by Gasteiger charge is -2.27. The van der Waals surface area contributed by atoms with Gasteiger partial charge in [-0.05, 0) is 48.5 Å². The smallest absolute Gasteiger partial charge is 0.382 e. The van der Waals surface area contributed by atoms with Crippen molar-refractivity contribution >= 4 is 150 Å². The molecule has 142 heavy (non-hydrogen) atoms. The Bertz CT molecular complexity index is 7300. The molecule has 0 bridgehead atoms. The molecule has 8 aromatic rings. The molecule has 7 aliphatic rings. The predicted octanol–water partition coefficient (Wildman–Crippen LogP) is 5.30. The fourth-order valence-corrected chi connectivity index (χ4v) is 26.4. The molecule has 7 aliphatic heterocycles. The third kappa shape index (κ3) is 26.4. The number of hydrogen-bond acceptors (Lipinski definition) is 44. The van der Waals surface area contributed by atoms with Gasteiger partial charge in [0.1, 0.15) is 129 Å². The molecule has 28 atom stereocenters. The normalized spacial score (nSPS) is 29.9. The van der Waals surface area contributed by atoms with Crippen LogP contribution in [0, 0.1) is 41.5 Å². The van der Waals surface area contributed by atoms with E-state index in [0.29, 0.717) is 0 Å². The van der Waals surface area contributed by atoms with Crippen molar-refractivity contribution < 1.29 is 128 Å². The molecule has 7 saturated heterocycles. The van der Waals surface area contributed by atoms with Crippen molar-refractivity contribution in [3.05, 3.63) is 208 Å². The van der Waals surface area contributed by atoms with Crippen molar-refractivity contribution in [3.8, 4) is 0 Å². The van der Waals surface area contributed by atoms with Crippen molar-refractivity contribution in [2.45, 2.75) is 222 Å². The number of hydrogen-bond donors (Lipinski definition) is 14. The minimum absolute atomic E-state index is 0.00113. The van der Waals surface area contributed by atoms with E-state index in [2.05, 4.69) is 131 Å². The first-order valence-electron chi connectivity index (χ1n) is 42.5. The minimum Gasteiger partial charge on any atom is -0.382 e. The van der Waals surface area contributed by atoms with Gasteiger partial charge < -0.3 is 43.4 Å². The topological polar surface area (TPSA) is 712 Å². The van der Waals surface area contributed by atoms with E-state index >= 15 is 0 Å². The highest BCUT2D eigenvalue weighted by molar-refractivity contribution is 8.46. The minimum atomic E-state index is -4.98. The number of nitrogens with two attached hydrogens (primary N) is 1. The zero-order valence-electron chi connectivity index (χ0n) is 75.1. The van der Waals surface area contributed by atoms with Gasteiger partial charge in [-0.3, -0.25) is 149 Å². The first kappa shape index (κ1) is 110. The van der Waals surface area contributed by atoms with Gasteiger partial charge in [-0.2, -0.15) is 0 Å². The molecule has 14 unspecified atom stereocenters. The number of fused-ring (bicyclic) bond motifs is 1. The molecule has 15 heterocycles. The van der Waals surface area contributed by atoms with Gasteiger partial charge >= 0.3 is 81.7 Å². The molecule has 7 fully saturated rings.